The highest BCUT2D eigenvalue weighted by molar-refractivity contribution is 7.80. The van der Waals surface area contributed by atoms with Gasteiger partial charge in [-0.15, -0.1) is 0 Å². The molecule has 1 unspecified atom stereocenters. The highest BCUT2D eigenvalue weighted by Gasteiger charge is 2.18. The molecule has 0 aliphatic heterocycles. The van der Waals surface area contributed by atoms with E-state index < -0.39 is 11.7 Å². The minimum atomic E-state index is -0.508. The van der Waals surface area contributed by atoms with Gasteiger partial charge in [-0.05, 0) is 39.4 Å². The van der Waals surface area contributed by atoms with Crippen LogP contribution in [0.2, 0.25) is 0 Å². The van der Waals surface area contributed by atoms with Crippen LogP contribution in [0.15, 0.2) is 0 Å². The third-order valence-electron chi connectivity index (χ3n) is 1.42. The van der Waals surface area contributed by atoms with Crippen LogP contribution in [0.5, 0.6) is 0 Å². The van der Waals surface area contributed by atoms with Gasteiger partial charge in [0.2, 0.25) is 0 Å². The number of thiocarbonyl (C=S) groups is 1. The van der Waals surface area contributed by atoms with Crippen LogP contribution in [0.4, 0.5) is 4.79 Å². The second-order valence-corrected chi connectivity index (χ2v) is 4.56. The Morgan fingerprint density at radius 3 is 2.33 bits per heavy atom. The maximum absolute atomic E-state index is 11.4. The molecule has 5 nitrogen and oxygen atoms in total. The molecule has 0 bridgehead atoms. The lowest BCUT2D eigenvalue weighted by atomic mass is 10.2. The summed E-state index contributed by atoms with van der Waals surface area (Å²) in [6.45, 7) is 7.30. The van der Waals surface area contributed by atoms with Crippen LogP contribution in [-0.2, 0) is 4.74 Å². The summed E-state index contributed by atoms with van der Waals surface area (Å²) in [6.07, 6.45) is -0.119. The molecule has 0 aromatic carbocycles. The van der Waals surface area contributed by atoms with Crippen molar-refractivity contribution in [3.63, 3.8) is 0 Å². The number of ether oxygens (including phenoxy) is 1. The van der Waals surface area contributed by atoms with E-state index in [4.69, 9.17) is 10.5 Å². The minimum Gasteiger partial charge on any atom is -0.444 e. The summed E-state index contributed by atoms with van der Waals surface area (Å²) in [4.78, 5) is 11.4. The van der Waals surface area contributed by atoms with Gasteiger partial charge in [0, 0.05) is 0 Å². The Hall–Kier alpha value is -1.04. The molecule has 0 radical (unpaired) electrons. The number of amides is 1. The van der Waals surface area contributed by atoms with Gasteiger partial charge in [-0.2, -0.15) is 0 Å². The average molecular weight is 233 g/mol. The predicted molar refractivity (Wildman–Crippen MR) is 63.4 cm³/mol. The van der Waals surface area contributed by atoms with Crippen molar-refractivity contribution in [1.29, 1.82) is 0 Å². The molecular weight excluding hydrogens is 214 g/mol. The molecule has 88 valence electrons. The molecule has 0 aromatic heterocycles. The lowest BCUT2D eigenvalue weighted by Gasteiger charge is -2.23. The van der Waals surface area contributed by atoms with Gasteiger partial charge in [-0.3, -0.25) is 0 Å². The Bertz CT molecular complexity index is 238. The summed E-state index contributed by atoms with van der Waals surface area (Å²) in [5.74, 6) is 0. The fraction of sp³-hybridized carbons (Fsp3) is 0.778. The fourth-order valence-corrected chi connectivity index (χ4v) is 1.00. The Balaban J connectivity index is 4.07. The zero-order chi connectivity index (χ0) is 12.1. The van der Waals surface area contributed by atoms with Crippen LogP contribution in [0, 0.1) is 0 Å². The Morgan fingerprint density at radius 2 is 2.00 bits per heavy atom. The maximum atomic E-state index is 11.4. The van der Waals surface area contributed by atoms with Crippen LogP contribution >= 0.6 is 12.2 Å². The first-order valence-electron chi connectivity index (χ1n) is 4.80. The third-order valence-corrected chi connectivity index (χ3v) is 1.53. The number of hydrogen-bond donors (Lipinski definition) is 3. The first kappa shape index (κ1) is 14.0. The number of alkyl carbamates (subject to hydrolysis) is 1. The molecule has 0 rings (SSSR count). The predicted octanol–water partition coefficient (Wildman–Crippen LogP) is 1.08. The number of rotatable bonds is 3. The number of nitrogens with two attached hydrogens (primary N) is 1. The summed E-state index contributed by atoms with van der Waals surface area (Å²) in [5, 5.41) is 5.51. The quantitative estimate of drug-likeness (QED) is 0.502. The van der Waals surface area contributed by atoms with Crippen molar-refractivity contribution in [3.05, 3.63) is 0 Å². The smallest absolute Gasteiger partial charge is 0.409 e. The van der Waals surface area contributed by atoms with Crippen LogP contribution in [0.25, 0.3) is 0 Å². The van der Waals surface area contributed by atoms with Crippen molar-refractivity contribution >= 4 is 23.4 Å². The van der Waals surface area contributed by atoms with E-state index in [2.05, 4.69) is 22.9 Å². The molecule has 0 spiro atoms. The van der Waals surface area contributed by atoms with Crippen molar-refractivity contribution < 1.29 is 9.53 Å². The molecule has 0 heterocycles. The summed E-state index contributed by atoms with van der Waals surface area (Å²) in [7, 11) is 0. The molecule has 1 atom stereocenters. The molecule has 0 aliphatic carbocycles. The van der Waals surface area contributed by atoms with E-state index in [1.165, 1.54) is 0 Å². The van der Waals surface area contributed by atoms with E-state index >= 15 is 0 Å². The third kappa shape index (κ3) is 7.99. The van der Waals surface area contributed by atoms with Crippen molar-refractivity contribution in [1.82, 2.24) is 10.6 Å². The van der Waals surface area contributed by atoms with E-state index in [0.29, 0.717) is 6.42 Å². The van der Waals surface area contributed by atoms with Crippen molar-refractivity contribution in [2.45, 2.75) is 45.9 Å². The van der Waals surface area contributed by atoms with Crippen LogP contribution in [0.3, 0.4) is 0 Å². The first-order chi connectivity index (χ1) is 6.74. The van der Waals surface area contributed by atoms with Crippen LogP contribution in [0.1, 0.15) is 34.1 Å². The normalized spacial score (nSPS) is 12.8. The molecule has 6 heteroatoms. The number of nitrogens with one attached hydrogen (secondary N) is 2. The van der Waals surface area contributed by atoms with Crippen LogP contribution in [-0.4, -0.2) is 23.0 Å². The highest BCUT2D eigenvalue weighted by atomic mass is 32.1. The largest absolute Gasteiger partial charge is 0.444 e. The van der Waals surface area contributed by atoms with Gasteiger partial charge >= 0.3 is 6.09 Å². The standard InChI is InChI=1S/C9H19N3O2S/c1-5-6(11-7(10)15)12-8(13)14-9(2,3)4/h6H,5H2,1-4H3,(H,12,13)(H3,10,11,15). The molecule has 0 fully saturated rings. The SMILES string of the molecule is CCC(NC(=O)OC(C)(C)C)NC(N)=S. The molecule has 0 saturated heterocycles. The van der Waals surface area contributed by atoms with Crippen LogP contribution < -0.4 is 16.4 Å². The van der Waals surface area contributed by atoms with Gasteiger partial charge in [-0.1, -0.05) is 6.92 Å². The first-order valence-corrected chi connectivity index (χ1v) is 5.21. The van der Waals surface area contributed by atoms with Gasteiger partial charge in [0.05, 0.1) is 0 Å². The molecule has 15 heavy (non-hydrogen) atoms. The van der Waals surface area contributed by atoms with Crippen molar-refractivity contribution in [2.75, 3.05) is 0 Å². The highest BCUT2D eigenvalue weighted by Crippen LogP contribution is 2.06. The molecule has 0 aromatic rings. The summed E-state index contributed by atoms with van der Waals surface area (Å²) < 4.78 is 5.08. The Kier molecular flexibility index (Phi) is 5.35. The Labute approximate surface area is 95.7 Å². The van der Waals surface area contributed by atoms with E-state index in [1.54, 1.807) is 20.8 Å². The van der Waals surface area contributed by atoms with E-state index in [0.717, 1.165) is 0 Å². The zero-order valence-electron chi connectivity index (χ0n) is 9.59. The van der Waals surface area contributed by atoms with Gasteiger partial charge in [0.15, 0.2) is 5.11 Å². The molecular formula is C9H19N3O2S. The van der Waals surface area contributed by atoms with E-state index in [-0.39, 0.29) is 11.3 Å². The average Bonchev–Trinajstić information content (AvgIpc) is 1.98. The van der Waals surface area contributed by atoms with Gasteiger partial charge in [-0.25, -0.2) is 4.79 Å². The summed E-state index contributed by atoms with van der Waals surface area (Å²) in [5.41, 5.74) is 4.79. The second kappa shape index (κ2) is 5.75. The monoisotopic (exact) mass is 233 g/mol. The van der Waals surface area contributed by atoms with Crippen molar-refractivity contribution in [3.8, 4) is 0 Å². The number of carbonyl (C=O) groups excluding carboxylic acids is 1. The van der Waals surface area contributed by atoms with Gasteiger partial charge in [0.1, 0.15) is 11.8 Å². The summed E-state index contributed by atoms with van der Waals surface area (Å²) in [6, 6.07) is 0. The van der Waals surface area contributed by atoms with E-state index in [1.807, 2.05) is 6.92 Å². The summed E-state index contributed by atoms with van der Waals surface area (Å²) >= 11 is 4.68. The lowest BCUT2D eigenvalue weighted by molar-refractivity contribution is 0.0499. The topological polar surface area (TPSA) is 76.4 Å². The zero-order valence-corrected chi connectivity index (χ0v) is 10.4. The lowest BCUT2D eigenvalue weighted by Crippen LogP contribution is -2.50. The molecule has 0 aliphatic rings. The molecule has 1 amide bonds. The Morgan fingerprint density at radius 1 is 1.47 bits per heavy atom. The van der Waals surface area contributed by atoms with Crippen molar-refractivity contribution in [2.24, 2.45) is 5.73 Å². The van der Waals surface area contributed by atoms with Gasteiger partial charge in [0.25, 0.3) is 0 Å². The minimum absolute atomic E-state index is 0.151. The molecule has 0 saturated carbocycles. The number of hydrogen-bond acceptors (Lipinski definition) is 3. The molecule has 4 N–H and O–H groups in total. The second-order valence-electron chi connectivity index (χ2n) is 4.12. The van der Waals surface area contributed by atoms with E-state index in [9.17, 15) is 4.79 Å². The van der Waals surface area contributed by atoms with Gasteiger partial charge < -0.3 is 21.1 Å². The fourth-order valence-electron chi connectivity index (χ4n) is 0.862. The maximum Gasteiger partial charge on any atom is 0.409 e. The number of carbonyl (C=O) groups is 1.